The number of amides is 1. The van der Waals surface area contributed by atoms with E-state index < -0.39 is 27.9 Å². The fourth-order valence-corrected chi connectivity index (χ4v) is 5.32. The molecule has 0 aliphatic heterocycles. The number of nitrogens with zero attached hydrogens (tertiary/aromatic N) is 2. The van der Waals surface area contributed by atoms with Gasteiger partial charge in [0, 0.05) is 19.2 Å². The molecule has 2 aromatic heterocycles. The van der Waals surface area contributed by atoms with E-state index in [0.717, 1.165) is 17.0 Å². The van der Waals surface area contributed by atoms with Crippen LogP contribution in [0, 0.1) is 13.8 Å². The number of guanidine groups is 1. The van der Waals surface area contributed by atoms with Gasteiger partial charge in [-0.25, -0.2) is 18.2 Å². The lowest BCUT2D eigenvalue weighted by Crippen LogP contribution is -2.40. The van der Waals surface area contributed by atoms with Gasteiger partial charge in [0.05, 0.1) is 17.1 Å². The number of carbonyl (C=O) groups excluding carboxylic acids is 1. The van der Waals surface area contributed by atoms with Gasteiger partial charge in [-0.1, -0.05) is 0 Å². The second kappa shape index (κ2) is 12.4. The lowest BCUT2D eigenvalue weighted by Gasteiger charge is -2.15. The smallest absolute Gasteiger partial charge is 0.326 e. The molecule has 0 spiro atoms. The van der Waals surface area contributed by atoms with Crippen molar-refractivity contribution in [2.24, 2.45) is 16.5 Å². The lowest BCUT2D eigenvalue weighted by atomic mass is 10.1. The molecule has 0 aliphatic carbocycles. The van der Waals surface area contributed by atoms with Crippen LogP contribution < -0.4 is 26.8 Å². The second-order valence-corrected chi connectivity index (χ2v) is 10.8. The summed E-state index contributed by atoms with van der Waals surface area (Å²) in [5.41, 5.74) is 12.0. The molecule has 13 nitrogen and oxygen atoms in total. The van der Waals surface area contributed by atoms with Crippen molar-refractivity contribution in [3.05, 3.63) is 57.9 Å². The predicted octanol–water partition coefficient (Wildman–Crippen LogP) is 2.00. The number of hydrogen-bond donors (Lipinski definition) is 6. The summed E-state index contributed by atoms with van der Waals surface area (Å²) < 4.78 is 33.7. The summed E-state index contributed by atoms with van der Waals surface area (Å²) in [5.74, 6) is -0.794. The van der Waals surface area contributed by atoms with Crippen molar-refractivity contribution < 1.29 is 27.5 Å². The summed E-state index contributed by atoms with van der Waals surface area (Å²) in [7, 11) is -4.03. The van der Waals surface area contributed by atoms with E-state index in [0.29, 0.717) is 30.3 Å². The number of carboxylic acid groups (broad SMARTS) is 1. The molecule has 38 heavy (non-hydrogen) atoms. The number of aryl methyl sites for hydroxylation is 2. The van der Waals surface area contributed by atoms with Crippen LogP contribution in [-0.4, -0.2) is 48.9 Å². The number of aliphatic carboxylic acids is 1. The van der Waals surface area contributed by atoms with Crippen LogP contribution in [0.3, 0.4) is 0 Å². The Bertz CT molecular complexity index is 1410. The molecular formula is C23H29N7O6S2. The summed E-state index contributed by atoms with van der Waals surface area (Å²) in [4.78, 5) is 32.4. The first-order valence-electron chi connectivity index (χ1n) is 11.4. The number of oxazole rings is 1. The van der Waals surface area contributed by atoms with Crippen molar-refractivity contribution in [2.45, 2.75) is 44.2 Å². The van der Waals surface area contributed by atoms with Gasteiger partial charge in [-0.15, -0.1) is 11.3 Å². The maximum Gasteiger partial charge on any atom is 0.326 e. The summed E-state index contributed by atoms with van der Waals surface area (Å²) in [6.45, 7) is 4.19. The highest BCUT2D eigenvalue weighted by Gasteiger charge is 2.24. The van der Waals surface area contributed by atoms with Crippen molar-refractivity contribution in [2.75, 3.05) is 16.6 Å². The van der Waals surface area contributed by atoms with E-state index in [2.05, 4.69) is 25.3 Å². The van der Waals surface area contributed by atoms with Gasteiger partial charge in [-0.3, -0.25) is 14.5 Å². The number of hydrogen-bond acceptors (Lipinski definition) is 9. The lowest BCUT2D eigenvalue weighted by molar-refractivity contribution is -0.139. The number of sulfonamides is 1. The maximum atomic E-state index is 13.0. The minimum absolute atomic E-state index is 0.0165. The first-order valence-corrected chi connectivity index (χ1v) is 13.8. The fourth-order valence-electron chi connectivity index (χ4n) is 3.43. The summed E-state index contributed by atoms with van der Waals surface area (Å²) in [5, 5.41) is 16.6. The monoisotopic (exact) mass is 563 g/mol. The number of carboxylic acids is 1. The molecule has 8 N–H and O–H groups in total. The Hall–Kier alpha value is -4.11. The molecular weight excluding hydrogens is 534 g/mol. The topological polar surface area (TPSA) is 215 Å². The van der Waals surface area contributed by atoms with Gasteiger partial charge in [0.15, 0.2) is 11.9 Å². The number of nitrogens with two attached hydrogens (primary N) is 2. The number of thiophene rings is 1. The Morgan fingerprint density at radius 2 is 1.89 bits per heavy atom. The second-order valence-electron chi connectivity index (χ2n) is 8.20. The van der Waals surface area contributed by atoms with Crippen LogP contribution in [0.4, 0.5) is 11.4 Å². The largest absolute Gasteiger partial charge is 0.480 e. The van der Waals surface area contributed by atoms with Gasteiger partial charge in [0.25, 0.3) is 15.9 Å². The Morgan fingerprint density at radius 3 is 2.50 bits per heavy atom. The molecule has 204 valence electrons. The molecule has 0 fully saturated rings. The normalized spacial score (nSPS) is 11.9. The van der Waals surface area contributed by atoms with Gasteiger partial charge >= 0.3 is 5.97 Å². The maximum absolute atomic E-state index is 13.0. The molecule has 15 heteroatoms. The van der Waals surface area contributed by atoms with Crippen molar-refractivity contribution in [3.63, 3.8) is 0 Å². The van der Waals surface area contributed by atoms with E-state index in [1.165, 1.54) is 23.6 Å². The third-order valence-electron chi connectivity index (χ3n) is 5.29. The zero-order chi connectivity index (χ0) is 27.9. The summed E-state index contributed by atoms with van der Waals surface area (Å²) >= 11 is 0.979. The Labute approximate surface area is 223 Å². The van der Waals surface area contributed by atoms with Crippen LogP contribution in [0.5, 0.6) is 0 Å². The number of aromatic nitrogens is 1. The Morgan fingerprint density at radius 1 is 1.18 bits per heavy atom. The zero-order valence-electron chi connectivity index (χ0n) is 20.7. The molecule has 1 aromatic carbocycles. The highest BCUT2D eigenvalue weighted by atomic mass is 32.2. The zero-order valence-corrected chi connectivity index (χ0v) is 22.4. The fraction of sp³-hybridized carbons (Fsp3) is 0.304. The van der Waals surface area contributed by atoms with Crippen LogP contribution in [-0.2, 0) is 21.4 Å². The minimum Gasteiger partial charge on any atom is -0.480 e. The van der Waals surface area contributed by atoms with Crippen LogP contribution in [0.2, 0.25) is 0 Å². The van der Waals surface area contributed by atoms with Gasteiger partial charge in [0.2, 0.25) is 0 Å². The number of nitrogens with one attached hydrogen (secondary N) is 3. The molecule has 3 rings (SSSR count). The van der Waals surface area contributed by atoms with E-state index in [1.54, 1.807) is 19.1 Å². The van der Waals surface area contributed by atoms with Crippen LogP contribution >= 0.6 is 11.3 Å². The highest BCUT2D eigenvalue weighted by Crippen LogP contribution is 2.26. The molecule has 0 unspecified atom stereocenters. The van der Waals surface area contributed by atoms with E-state index >= 15 is 0 Å². The van der Waals surface area contributed by atoms with E-state index in [4.69, 9.17) is 15.9 Å². The van der Waals surface area contributed by atoms with Gasteiger partial charge < -0.3 is 31.6 Å². The SMILES string of the molecule is Cc1nc(CNc2ccc(S(=O)(=O)Nc3ccsc3C(=O)N[C@@H](CCCN=C(N)N)C(=O)O)cc2)c(C)o1. The molecule has 0 radical (unpaired) electrons. The van der Waals surface area contributed by atoms with E-state index in [-0.39, 0.29) is 34.4 Å². The Balaban J connectivity index is 1.64. The standard InChI is InChI=1S/C23H29N7O6S2/c1-13-19(28-14(2)36-13)12-27-15-5-7-16(8-6-15)38(34,35)30-17-9-11-37-20(17)21(31)29-18(22(32)33)4-3-10-26-23(24)25/h5-9,11,18,27,30H,3-4,10,12H2,1-2H3,(H,29,31)(H,32,33)(H4,24,25,26)/t18-/m0/s1. The predicted molar refractivity (Wildman–Crippen MR) is 144 cm³/mol. The summed E-state index contributed by atoms with van der Waals surface area (Å²) in [6.07, 6.45) is 0.405. The molecule has 0 bridgehead atoms. The minimum atomic E-state index is -4.03. The molecule has 0 aliphatic rings. The molecule has 0 saturated carbocycles. The molecule has 2 heterocycles. The van der Waals surface area contributed by atoms with Crippen molar-refractivity contribution >= 4 is 50.6 Å². The highest BCUT2D eigenvalue weighted by molar-refractivity contribution is 7.92. The van der Waals surface area contributed by atoms with Crippen LogP contribution in [0.15, 0.2) is 50.0 Å². The third-order valence-corrected chi connectivity index (χ3v) is 7.58. The third kappa shape index (κ3) is 7.69. The van der Waals surface area contributed by atoms with Crippen molar-refractivity contribution in [1.82, 2.24) is 10.3 Å². The van der Waals surface area contributed by atoms with Gasteiger partial charge in [-0.2, -0.15) is 0 Å². The molecule has 0 saturated heterocycles. The molecule has 1 amide bonds. The number of aliphatic imine (C=N–C) groups is 1. The number of rotatable bonds is 13. The number of benzene rings is 1. The first-order chi connectivity index (χ1) is 18.0. The van der Waals surface area contributed by atoms with Crippen LogP contribution in [0.25, 0.3) is 0 Å². The first kappa shape index (κ1) is 28.5. The van der Waals surface area contributed by atoms with Crippen molar-refractivity contribution in [1.29, 1.82) is 0 Å². The van der Waals surface area contributed by atoms with Gasteiger partial charge in [-0.05, 0) is 55.5 Å². The van der Waals surface area contributed by atoms with E-state index in [1.807, 2.05) is 6.92 Å². The molecule has 3 aromatic rings. The number of anilines is 2. The average molecular weight is 564 g/mol. The summed E-state index contributed by atoms with van der Waals surface area (Å²) in [6, 6.07) is 6.30. The average Bonchev–Trinajstić information content (AvgIpc) is 3.44. The quantitative estimate of drug-likeness (QED) is 0.101. The molecule has 1 atom stereocenters. The Kier molecular flexibility index (Phi) is 9.30. The van der Waals surface area contributed by atoms with Gasteiger partial charge in [0.1, 0.15) is 22.4 Å². The van der Waals surface area contributed by atoms with E-state index in [9.17, 15) is 23.1 Å². The number of carbonyl (C=O) groups is 2. The van der Waals surface area contributed by atoms with Crippen LogP contribution in [0.1, 0.15) is 39.9 Å². The van der Waals surface area contributed by atoms with Crippen molar-refractivity contribution in [3.8, 4) is 0 Å².